The van der Waals surface area contributed by atoms with E-state index in [2.05, 4.69) is 20.4 Å². The number of aryl methyl sites for hydroxylation is 1. The Hall–Kier alpha value is -2.96. The van der Waals surface area contributed by atoms with E-state index in [4.69, 9.17) is 8.94 Å². The predicted molar refractivity (Wildman–Crippen MR) is 93.0 cm³/mol. The van der Waals surface area contributed by atoms with Crippen LogP contribution in [0.4, 0.5) is 0 Å². The van der Waals surface area contributed by atoms with Crippen LogP contribution in [0, 0.1) is 6.92 Å². The molecule has 1 aliphatic rings. The summed E-state index contributed by atoms with van der Waals surface area (Å²) in [5, 5.41) is 7.15. The van der Waals surface area contributed by atoms with Crippen LogP contribution >= 0.6 is 0 Å². The van der Waals surface area contributed by atoms with Crippen LogP contribution in [0.3, 0.4) is 0 Å². The largest absolute Gasteiger partial charge is 0.444 e. The molecule has 2 aromatic heterocycles. The first-order valence-corrected chi connectivity index (χ1v) is 8.76. The zero-order chi connectivity index (χ0) is 18.0. The Morgan fingerprint density at radius 1 is 1.19 bits per heavy atom. The molecule has 1 amide bonds. The van der Waals surface area contributed by atoms with Crippen molar-refractivity contribution in [3.8, 4) is 11.5 Å². The van der Waals surface area contributed by atoms with E-state index in [0.29, 0.717) is 23.3 Å². The van der Waals surface area contributed by atoms with Crippen LogP contribution in [0.1, 0.15) is 43.1 Å². The van der Waals surface area contributed by atoms with Gasteiger partial charge in [0.25, 0.3) is 0 Å². The third kappa shape index (κ3) is 3.24. The SMILES string of the molecule is Cc1nc(C2(NC(=O)Cc3coc(-c4ccccc4)n3)CCCC2)no1. The fourth-order valence-electron chi connectivity index (χ4n) is 3.45. The van der Waals surface area contributed by atoms with E-state index >= 15 is 0 Å². The highest BCUT2D eigenvalue weighted by atomic mass is 16.5. The number of carbonyl (C=O) groups excluding carboxylic acids is 1. The summed E-state index contributed by atoms with van der Waals surface area (Å²) in [6.07, 6.45) is 5.35. The minimum atomic E-state index is -0.541. The minimum Gasteiger partial charge on any atom is -0.444 e. The van der Waals surface area contributed by atoms with Crippen molar-refractivity contribution >= 4 is 5.91 Å². The van der Waals surface area contributed by atoms with Gasteiger partial charge in [-0.05, 0) is 25.0 Å². The summed E-state index contributed by atoms with van der Waals surface area (Å²) in [5.74, 6) is 1.45. The molecule has 0 saturated heterocycles. The summed E-state index contributed by atoms with van der Waals surface area (Å²) in [4.78, 5) is 21.4. The van der Waals surface area contributed by atoms with E-state index in [9.17, 15) is 4.79 Å². The Kier molecular flexibility index (Phi) is 4.28. The number of oxazole rings is 1. The first kappa shape index (κ1) is 16.5. The van der Waals surface area contributed by atoms with Gasteiger partial charge in [-0.25, -0.2) is 4.98 Å². The molecule has 0 spiro atoms. The molecule has 1 aromatic carbocycles. The van der Waals surface area contributed by atoms with Crippen molar-refractivity contribution in [2.45, 2.75) is 44.6 Å². The maximum absolute atomic E-state index is 12.6. The Morgan fingerprint density at radius 3 is 2.65 bits per heavy atom. The molecule has 4 rings (SSSR count). The van der Waals surface area contributed by atoms with Crippen molar-refractivity contribution in [3.05, 3.63) is 54.0 Å². The molecular formula is C19H20N4O3. The van der Waals surface area contributed by atoms with Gasteiger partial charge in [0.1, 0.15) is 11.8 Å². The highest BCUT2D eigenvalue weighted by Crippen LogP contribution is 2.37. The molecule has 0 aliphatic heterocycles. The summed E-state index contributed by atoms with van der Waals surface area (Å²) in [6.45, 7) is 1.75. The smallest absolute Gasteiger partial charge is 0.226 e. The van der Waals surface area contributed by atoms with Crippen LogP contribution in [0.5, 0.6) is 0 Å². The first-order valence-electron chi connectivity index (χ1n) is 8.76. The van der Waals surface area contributed by atoms with Crippen molar-refractivity contribution in [2.75, 3.05) is 0 Å². The molecular weight excluding hydrogens is 332 g/mol. The van der Waals surface area contributed by atoms with Gasteiger partial charge in [0.2, 0.25) is 17.7 Å². The number of amides is 1. The van der Waals surface area contributed by atoms with Crippen LogP contribution in [-0.2, 0) is 16.8 Å². The van der Waals surface area contributed by atoms with E-state index in [-0.39, 0.29) is 12.3 Å². The minimum absolute atomic E-state index is 0.123. The van der Waals surface area contributed by atoms with Gasteiger partial charge >= 0.3 is 0 Å². The maximum atomic E-state index is 12.6. The standard InChI is InChI=1S/C19H20N4O3/c1-13-20-18(23-26-13)19(9-5-6-10-19)22-16(24)11-15-12-25-17(21-15)14-7-3-2-4-8-14/h2-4,7-8,12H,5-6,9-11H2,1H3,(H,22,24). The highest BCUT2D eigenvalue weighted by Gasteiger charge is 2.41. The van der Waals surface area contributed by atoms with Gasteiger partial charge in [0.15, 0.2) is 5.82 Å². The second-order valence-corrected chi connectivity index (χ2v) is 6.66. The van der Waals surface area contributed by atoms with Gasteiger partial charge in [0, 0.05) is 12.5 Å². The molecule has 1 saturated carbocycles. The fourth-order valence-corrected chi connectivity index (χ4v) is 3.45. The molecule has 3 aromatic rings. The van der Waals surface area contributed by atoms with Gasteiger partial charge in [0.05, 0.1) is 12.1 Å². The lowest BCUT2D eigenvalue weighted by molar-refractivity contribution is -0.122. The molecule has 0 unspecified atom stereocenters. The molecule has 7 heteroatoms. The normalized spacial score (nSPS) is 15.9. The van der Waals surface area contributed by atoms with Crippen molar-refractivity contribution in [3.63, 3.8) is 0 Å². The molecule has 0 atom stereocenters. The molecule has 2 heterocycles. The number of aromatic nitrogens is 3. The van der Waals surface area contributed by atoms with Gasteiger partial charge in [-0.2, -0.15) is 4.98 Å². The summed E-state index contributed by atoms with van der Waals surface area (Å²) >= 11 is 0. The van der Waals surface area contributed by atoms with E-state index in [1.807, 2.05) is 30.3 Å². The quantitative estimate of drug-likeness (QED) is 0.758. The summed E-state index contributed by atoms with van der Waals surface area (Å²) in [5.41, 5.74) is 0.938. The molecule has 134 valence electrons. The average molecular weight is 352 g/mol. The topological polar surface area (TPSA) is 94.1 Å². The van der Waals surface area contributed by atoms with Crippen molar-refractivity contribution in [2.24, 2.45) is 0 Å². The molecule has 1 N–H and O–H groups in total. The van der Waals surface area contributed by atoms with Crippen molar-refractivity contribution in [1.29, 1.82) is 0 Å². The lowest BCUT2D eigenvalue weighted by Gasteiger charge is -2.26. The monoisotopic (exact) mass is 352 g/mol. The number of hydrogen-bond acceptors (Lipinski definition) is 6. The van der Waals surface area contributed by atoms with Gasteiger partial charge in [-0.15, -0.1) is 0 Å². The maximum Gasteiger partial charge on any atom is 0.226 e. The third-order valence-electron chi connectivity index (χ3n) is 4.71. The number of hydrogen-bond donors (Lipinski definition) is 1. The van der Waals surface area contributed by atoms with E-state index < -0.39 is 5.54 Å². The predicted octanol–water partition coefficient (Wildman–Crippen LogP) is 3.16. The van der Waals surface area contributed by atoms with E-state index in [0.717, 1.165) is 31.2 Å². The fraction of sp³-hybridized carbons (Fsp3) is 0.368. The summed E-state index contributed by atoms with van der Waals surface area (Å²) in [6, 6.07) is 9.61. The molecule has 1 fully saturated rings. The van der Waals surface area contributed by atoms with Crippen molar-refractivity contribution in [1.82, 2.24) is 20.4 Å². The Labute approximate surface area is 150 Å². The Morgan fingerprint density at radius 2 is 1.96 bits per heavy atom. The lowest BCUT2D eigenvalue weighted by Crippen LogP contribution is -2.45. The van der Waals surface area contributed by atoms with Gasteiger partial charge in [-0.3, -0.25) is 4.79 Å². The van der Waals surface area contributed by atoms with Crippen LogP contribution in [-0.4, -0.2) is 21.0 Å². The lowest BCUT2D eigenvalue weighted by atomic mass is 9.96. The average Bonchev–Trinajstić information content (AvgIpc) is 3.37. The second-order valence-electron chi connectivity index (χ2n) is 6.66. The molecule has 0 radical (unpaired) electrons. The van der Waals surface area contributed by atoms with Crippen LogP contribution in [0.25, 0.3) is 11.5 Å². The first-order chi connectivity index (χ1) is 12.6. The van der Waals surface area contributed by atoms with E-state index in [1.54, 1.807) is 6.92 Å². The molecule has 1 aliphatic carbocycles. The Bertz CT molecular complexity index is 894. The number of carbonyl (C=O) groups is 1. The Balaban J connectivity index is 1.47. The highest BCUT2D eigenvalue weighted by molar-refractivity contribution is 5.79. The zero-order valence-electron chi connectivity index (χ0n) is 14.6. The van der Waals surface area contributed by atoms with Crippen LogP contribution in [0.2, 0.25) is 0 Å². The van der Waals surface area contributed by atoms with E-state index in [1.165, 1.54) is 6.26 Å². The third-order valence-corrected chi connectivity index (χ3v) is 4.71. The van der Waals surface area contributed by atoms with Gasteiger partial charge < -0.3 is 14.3 Å². The summed E-state index contributed by atoms with van der Waals surface area (Å²) in [7, 11) is 0. The zero-order valence-corrected chi connectivity index (χ0v) is 14.6. The summed E-state index contributed by atoms with van der Waals surface area (Å²) < 4.78 is 10.6. The van der Waals surface area contributed by atoms with Crippen LogP contribution < -0.4 is 5.32 Å². The number of benzene rings is 1. The number of rotatable bonds is 5. The molecule has 0 bridgehead atoms. The van der Waals surface area contributed by atoms with Crippen LogP contribution in [0.15, 0.2) is 45.5 Å². The molecule has 7 nitrogen and oxygen atoms in total. The van der Waals surface area contributed by atoms with Gasteiger partial charge in [-0.1, -0.05) is 36.2 Å². The second kappa shape index (κ2) is 6.74. The molecule has 26 heavy (non-hydrogen) atoms. The van der Waals surface area contributed by atoms with Crippen molar-refractivity contribution < 1.29 is 13.7 Å². The number of nitrogens with one attached hydrogen (secondary N) is 1. The number of nitrogens with zero attached hydrogens (tertiary/aromatic N) is 3.